The van der Waals surface area contributed by atoms with Crippen LogP contribution in [-0.2, 0) is 6.42 Å². The standard InChI is InChI=1S/C16H21N3S/c1-2-17-15(16-11-18-19-20-16)10-13-8-5-7-12-6-3-4-9-14(12)13/h3-4,6,9,11,13,15,17H,2,5,7-8,10H2,1H3. The fourth-order valence-corrected chi connectivity index (χ4v) is 3.85. The van der Waals surface area contributed by atoms with Crippen molar-refractivity contribution in [2.45, 2.75) is 44.6 Å². The summed E-state index contributed by atoms with van der Waals surface area (Å²) in [6.07, 6.45) is 6.90. The molecule has 1 aromatic carbocycles. The summed E-state index contributed by atoms with van der Waals surface area (Å²) < 4.78 is 4.01. The van der Waals surface area contributed by atoms with Crippen LogP contribution in [0.5, 0.6) is 0 Å². The molecular formula is C16H21N3S. The third-order valence-corrected chi connectivity index (χ3v) is 4.96. The van der Waals surface area contributed by atoms with Crippen molar-refractivity contribution in [3.8, 4) is 0 Å². The smallest absolute Gasteiger partial charge is 0.0669 e. The van der Waals surface area contributed by atoms with Gasteiger partial charge in [-0.25, -0.2) is 0 Å². The molecule has 0 saturated carbocycles. The zero-order valence-corrected chi connectivity index (χ0v) is 12.7. The van der Waals surface area contributed by atoms with E-state index < -0.39 is 0 Å². The molecule has 1 aliphatic rings. The molecule has 2 atom stereocenters. The molecular weight excluding hydrogens is 266 g/mol. The summed E-state index contributed by atoms with van der Waals surface area (Å²) in [7, 11) is 0. The molecule has 106 valence electrons. The third-order valence-electron chi connectivity index (χ3n) is 4.19. The number of nitrogens with zero attached hydrogens (tertiary/aromatic N) is 2. The van der Waals surface area contributed by atoms with Gasteiger partial charge in [0.1, 0.15) is 0 Å². The van der Waals surface area contributed by atoms with E-state index in [0.29, 0.717) is 12.0 Å². The number of hydrogen-bond donors (Lipinski definition) is 1. The van der Waals surface area contributed by atoms with E-state index in [2.05, 4.69) is 46.1 Å². The maximum atomic E-state index is 4.01. The highest BCUT2D eigenvalue weighted by molar-refractivity contribution is 7.05. The molecule has 2 unspecified atom stereocenters. The molecule has 0 spiro atoms. The quantitative estimate of drug-likeness (QED) is 0.911. The van der Waals surface area contributed by atoms with Crippen LogP contribution in [0.3, 0.4) is 0 Å². The SMILES string of the molecule is CCNC(CC1CCCc2ccccc21)c1cnns1. The van der Waals surface area contributed by atoms with Gasteiger partial charge in [0.15, 0.2) is 0 Å². The number of benzene rings is 1. The molecule has 1 heterocycles. The second-order valence-electron chi connectivity index (χ2n) is 5.45. The Morgan fingerprint density at radius 2 is 2.30 bits per heavy atom. The molecule has 0 aliphatic heterocycles. The van der Waals surface area contributed by atoms with Crippen molar-refractivity contribution in [2.75, 3.05) is 6.54 Å². The number of nitrogens with one attached hydrogen (secondary N) is 1. The van der Waals surface area contributed by atoms with Crippen LogP contribution in [0.2, 0.25) is 0 Å². The second-order valence-corrected chi connectivity index (χ2v) is 6.27. The highest BCUT2D eigenvalue weighted by atomic mass is 32.1. The molecule has 3 rings (SSSR count). The number of aryl methyl sites for hydroxylation is 1. The fraction of sp³-hybridized carbons (Fsp3) is 0.500. The van der Waals surface area contributed by atoms with E-state index in [1.165, 1.54) is 35.7 Å². The molecule has 20 heavy (non-hydrogen) atoms. The van der Waals surface area contributed by atoms with Crippen molar-refractivity contribution < 1.29 is 0 Å². The highest BCUT2D eigenvalue weighted by Gasteiger charge is 2.24. The predicted molar refractivity (Wildman–Crippen MR) is 83.1 cm³/mol. The summed E-state index contributed by atoms with van der Waals surface area (Å²) in [5, 5.41) is 7.58. The minimum absolute atomic E-state index is 0.385. The Kier molecular flexibility index (Phi) is 4.43. The Morgan fingerprint density at radius 3 is 3.10 bits per heavy atom. The highest BCUT2D eigenvalue weighted by Crippen LogP contribution is 2.38. The summed E-state index contributed by atoms with van der Waals surface area (Å²) in [5.74, 6) is 0.658. The largest absolute Gasteiger partial charge is 0.309 e. The van der Waals surface area contributed by atoms with E-state index in [1.807, 2.05) is 6.20 Å². The molecule has 0 fully saturated rings. The zero-order chi connectivity index (χ0) is 13.8. The van der Waals surface area contributed by atoms with Crippen LogP contribution < -0.4 is 5.32 Å². The molecule has 1 aliphatic carbocycles. The van der Waals surface area contributed by atoms with Crippen LogP contribution in [0.15, 0.2) is 30.5 Å². The number of rotatable bonds is 5. The summed E-state index contributed by atoms with van der Waals surface area (Å²) in [6, 6.07) is 9.32. The van der Waals surface area contributed by atoms with Crippen molar-refractivity contribution in [3.63, 3.8) is 0 Å². The van der Waals surface area contributed by atoms with Gasteiger partial charge in [0.25, 0.3) is 0 Å². The van der Waals surface area contributed by atoms with Crippen molar-refractivity contribution in [3.05, 3.63) is 46.5 Å². The van der Waals surface area contributed by atoms with Gasteiger partial charge in [-0.2, -0.15) is 0 Å². The fourth-order valence-electron chi connectivity index (χ4n) is 3.26. The monoisotopic (exact) mass is 287 g/mol. The Balaban J connectivity index is 1.79. The minimum atomic E-state index is 0.385. The van der Waals surface area contributed by atoms with Gasteiger partial charge in [0, 0.05) is 6.04 Å². The van der Waals surface area contributed by atoms with Crippen molar-refractivity contribution in [1.29, 1.82) is 0 Å². The first-order chi connectivity index (χ1) is 9.88. The van der Waals surface area contributed by atoms with Crippen LogP contribution in [-0.4, -0.2) is 16.1 Å². The van der Waals surface area contributed by atoms with Crippen LogP contribution in [0.4, 0.5) is 0 Å². The molecule has 0 radical (unpaired) electrons. The lowest BCUT2D eigenvalue weighted by Crippen LogP contribution is -2.23. The lowest BCUT2D eigenvalue weighted by Gasteiger charge is -2.28. The van der Waals surface area contributed by atoms with E-state index in [4.69, 9.17) is 0 Å². The van der Waals surface area contributed by atoms with Gasteiger partial charge in [-0.1, -0.05) is 35.7 Å². The molecule has 0 saturated heterocycles. The first kappa shape index (κ1) is 13.7. The average molecular weight is 287 g/mol. The molecule has 3 nitrogen and oxygen atoms in total. The van der Waals surface area contributed by atoms with E-state index in [-0.39, 0.29) is 0 Å². The van der Waals surface area contributed by atoms with Crippen LogP contribution >= 0.6 is 11.5 Å². The lowest BCUT2D eigenvalue weighted by atomic mass is 9.79. The van der Waals surface area contributed by atoms with Gasteiger partial charge >= 0.3 is 0 Å². The van der Waals surface area contributed by atoms with Gasteiger partial charge in [-0.15, -0.1) is 5.10 Å². The molecule has 2 aromatic rings. The van der Waals surface area contributed by atoms with E-state index in [0.717, 1.165) is 13.0 Å². The molecule has 1 aromatic heterocycles. The topological polar surface area (TPSA) is 37.8 Å². The summed E-state index contributed by atoms with van der Waals surface area (Å²) >= 11 is 1.52. The Labute approximate surface area is 124 Å². The van der Waals surface area contributed by atoms with Crippen LogP contribution in [0.1, 0.15) is 54.1 Å². The maximum absolute atomic E-state index is 4.01. The zero-order valence-electron chi connectivity index (χ0n) is 11.9. The molecule has 1 N–H and O–H groups in total. The number of hydrogen-bond acceptors (Lipinski definition) is 4. The lowest BCUT2D eigenvalue weighted by molar-refractivity contribution is 0.430. The van der Waals surface area contributed by atoms with Crippen molar-refractivity contribution in [2.24, 2.45) is 0 Å². The third kappa shape index (κ3) is 2.91. The van der Waals surface area contributed by atoms with Crippen LogP contribution in [0.25, 0.3) is 0 Å². The number of fused-ring (bicyclic) bond motifs is 1. The van der Waals surface area contributed by atoms with Gasteiger partial charge in [0.05, 0.1) is 11.1 Å². The van der Waals surface area contributed by atoms with Gasteiger partial charge in [-0.05, 0) is 60.8 Å². The second kappa shape index (κ2) is 6.46. The predicted octanol–water partition coefficient (Wildman–Crippen LogP) is 3.70. The Bertz CT molecular complexity index is 538. The van der Waals surface area contributed by atoms with E-state index in [9.17, 15) is 0 Å². The Hall–Kier alpha value is -1.26. The number of aromatic nitrogens is 2. The molecule has 4 heteroatoms. The maximum Gasteiger partial charge on any atom is 0.0669 e. The van der Waals surface area contributed by atoms with Crippen molar-refractivity contribution in [1.82, 2.24) is 14.9 Å². The minimum Gasteiger partial charge on any atom is -0.309 e. The van der Waals surface area contributed by atoms with Gasteiger partial charge in [0.2, 0.25) is 0 Å². The van der Waals surface area contributed by atoms with Crippen molar-refractivity contribution >= 4 is 11.5 Å². The normalized spacial score (nSPS) is 19.6. The summed E-state index contributed by atoms with van der Waals surface area (Å²) in [4.78, 5) is 1.26. The van der Waals surface area contributed by atoms with E-state index >= 15 is 0 Å². The van der Waals surface area contributed by atoms with E-state index in [1.54, 1.807) is 11.1 Å². The molecule has 0 amide bonds. The first-order valence-corrected chi connectivity index (χ1v) is 8.24. The summed E-state index contributed by atoms with van der Waals surface area (Å²) in [5.41, 5.74) is 3.10. The van der Waals surface area contributed by atoms with Crippen LogP contribution in [0, 0.1) is 0 Å². The van der Waals surface area contributed by atoms with Gasteiger partial charge in [-0.3, -0.25) is 0 Å². The van der Waals surface area contributed by atoms with Gasteiger partial charge < -0.3 is 5.32 Å². The molecule has 0 bridgehead atoms. The first-order valence-electron chi connectivity index (χ1n) is 7.47. The Morgan fingerprint density at radius 1 is 1.40 bits per heavy atom. The average Bonchev–Trinajstić information content (AvgIpc) is 3.01. The summed E-state index contributed by atoms with van der Waals surface area (Å²) in [6.45, 7) is 3.15.